The van der Waals surface area contributed by atoms with Crippen molar-refractivity contribution in [1.29, 1.82) is 0 Å². The molecular formula is C10H10ClFO2. The molecule has 0 N–H and O–H groups in total. The molecule has 1 aromatic rings. The van der Waals surface area contributed by atoms with Crippen LogP contribution in [0, 0.1) is 5.82 Å². The van der Waals surface area contributed by atoms with E-state index >= 15 is 0 Å². The lowest BCUT2D eigenvalue weighted by molar-refractivity contribution is 0.0372. The highest BCUT2D eigenvalue weighted by atomic mass is 35.5. The molecule has 0 radical (unpaired) electrons. The van der Waals surface area contributed by atoms with Crippen LogP contribution < -0.4 is 0 Å². The number of carbonyl (C=O) groups is 1. The van der Waals surface area contributed by atoms with Gasteiger partial charge in [-0.1, -0.05) is 17.7 Å². The molecule has 2 nitrogen and oxygen atoms in total. The zero-order chi connectivity index (χ0) is 10.7. The van der Waals surface area contributed by atoms with E-state index in [1.165, 1.54) is 18.2 Å². The zero-order valence-electron chi connectivity index (χ0n) is 7.88. The minimum Gasteiger partial charge on any atom is -0.459 e. The fourth-order valence-electron chi connectivity index (χ4n) is 0.939. The number of halogens is 2. The first-order chi connectivity index (χ1) is 6.52. The molecule has 0 unspecified atom stereocenters. The lowest BCUT2D eigenvalue weighted by Gasteiger charge is -2.08. The Morgan fingerprint density at radius 1 is 1.50 bits per heavy atom. The first-order valence-electron chi connectivity index (χ1n) is 4.17. The zero-order valence-corrected chi connectivity index (χ0v) is 8.64. The van der Waals surface area contributed by atoms with Gasteiger partial charge in [0.1, 0.15) is 0 Å². The summed E-state index contributed by atoms with van der Waals surface area (Å²) in [4.78, 5) is 11.3. The molecule has 1 rings (SSSR count). The number of carbonyl (C=O) groups excluding carboxylic acids is 1. The van der Waals surface area contributed by atoms with Crippen LogP contribution in [0.1, 0.15) is 24.2 Å². The van der Waals surface area contributed by atoms with Crippen LogP contribution in [0.25, 0.3) is 0 Å². The molecule has 0 amide bonds. The fraction of sp³-hybridized carbons (Fsp3) is 0.300. The van der Waals surface area contributed by atoms with Gasteiger partial charge in [-0.05, 0) is 26.0 Å². The van der Waals surface area contributed by atoms with Crippen LogP contribution in [0.3, 0.4) is 0 Å². The quantitative estimate of drug-likeness (QED) is 0.711. The lowest BCUT2D eigenvalue weighted by atomic mass is 10.2. The molecule has 0 heterocycles. The molecule has 0 bridgehead atoms. The molecule has 14 heavy (non-hydrogen) atoms. The molecule has 0 fully saturated rings. The number of rotatable bonds is 2. The molecule has 0 aliphatic rings. The highest BCUT2D eigenvalue weighted by molar-refractivity contribution is 6.31. The van der Waals surface area contributed by atoms with Crippen molar-refractivity contribution in [2.45, 2.75) is 20.0 Å². The third kappa shape index (κ3) is 2.45. The van der Waals surface area contributed by atoms with Gasteiger partial charge in [-0.3, -0.25) is 0 Å². The Hall–Kier alpha value is -1.09. The fourth-order valence-corrected chi connectivity index (χ4v) is 1.11. The van der Waals surface area contributed by atoms with E-state index in [2.05, 4.69) is 0 Å². The smallest absolute Gasteiger partial charge is 0.341 e. The third-order valence-corrected chi connectivity index (χ3v) is 1.81. The summed E-state index contributed by atoms with van der Waals surface area (Å²) in [6.07, 6.45) is -0.277. The Balaban J connectivity index is 2.96. The Morgan fingerprint density at radius 3 is 2.71 bits per heavy atom. The summed E-state index contributed by atoms with van der Waals surface area (Å²) in [5, 5.41) is -0.0804. The molecule has 0 saturated heterocycles. The van der Waals surface area contributed by atoms with Crippen LogP contribution in [0.2, 0.25) is 5.02 Å². The highest BCUT2D eigenvalue weighted by Crippen LogP contribution is 2.18. The van der Waals surface area contributed by atoms with Crippen molar-refractivity contribution >= 4 is 17.6 Å². The van der Waals surface area contributed by atoms with Crippen LogP contribution in [-0.2, 0) is 4.74 Å². The van der Waals surface area contributed by atoms with Crippen LogP contribution in [-0.4, -0.2) is 12.1 Å². The van der Waals surface area contributed by atoms with E-state index in [4.69, 9.17) is 16.3 Å². The summed E-state index contributed by atoms with van der Waals surface area (Å²) in [6, 6.07) is 4.22. The molecule has 0 aliphatic carbocycles. The van der Waals surface area contributed by atoms with Crippen LogP contribution in [0.15, 0.2) is 18.2 Å². The minimum absolute atomic E-state index is 0.0804. The summed E-state index contributed by atoms with van der Waals surface area (Å²) in [6.45, 7) is 3.39. The van der Waals surface area contributed by atoms with E-state index in [-0.39, 0.29) is 16.7 Å². The van der Waals surface area contributed by atoms with Crippen molar-refractivity contribution in [3.63, 3.8) is 0 Å². The number of benzene rings is 1. The molecule has 0 aliphatic heterocycles. The van der Waals surface area contributed by atoms with E-state index in [1.54, 1.807) is 13.8 Å². The van der Waals surface area contributed by atoms with Gasteiger partial charge in [0.25, 0.3) is 0 Å². The maximum Gasteiger partial charge on any atom is 0.341 e. The molecule has 0 spiro atoms. The summed E-state index contributed by atoms with van der Waals surface area (Å²) in [5.41, 5.74) is -0.133. The topological polar surface area (TPSA) is 26.3 Å². The number of hydrogen-bond donors (Lipinski definition) is 0. The summed E-state index contributed by atoms with van der Waals surface area (Å²) < 4.78 is 18.1. The predicted molar refractivity (Wildman–Crippen MR) is 52.0 cm³/mol. The normalized spacial score (nSPS) is 10.4. The van der Waals surface area contributed by atoms with Crippen LogP contribution >= 0.6 is 11.6 Å². The molecule has 0 aromatic heterocycles. The summed E-state index contributed by atoms with van der Waals surface area (Å²) >= 11 is 5.51. The average molecular weight is 217 g/mol. The van der Waals surface area contributed by atoms with Crippen molar-refractivity contribution in [3.8, 4) is 0 Å². The molecule has 76 valence electrons. The average Bonchev–Trinajstić information content (AvgIpc) is 2.08. The van der Waals surface area contributed by atoms with Crippen molar-refractivity contribution in [3.05, 3.63) is 34.6 Å². The maximum atomic E-state index is 13.3. The molecule has 4 heteroatoms. The van der Waals surface area contributed by atoms with Gasteiger partial charge in [-0.2, -0.15) is 0 Å². The van der Waals surface area contributed by atoms with Gasteiger partial charge >= 0.3 is 5.97 Å². The van der Waals surface area contributed by atoms with Gasteiger partial charge in [0.2, 0.25) is 0 Å². The monoisotopic (exact) mass is 216 g/mol. The van der Waals surface area contributed by atoms with Gasteiger partial charge in [-0.25, -0.2) is 9.18 Å². The Labute approximate surface area is 86.6 Å². The van der Waals surface area contributed by atoms with Crippen molar-refractivity contribution in [2.24, 2.45) is 0 Å². The molecule has 0 atom stereocenters. The van der Waals surface area contributed by atoms with Gasteiger partial charge in [0, 0.05) is 0 Å². The minimum atomic E-state index is -0.736. The van der Waals surface area contributed by atoms with Crippen LogP contribution in [0.5, 0.6) is 0 Å². The largest absolute Gasteiger partial charge is 0.459 e. The third-order valence-electron chi connectivity index (χ3n) is 1.51. The van der Waals surface area contributed by atoms with E-state index in [1.807, 2.05) is 0 Å². The summed E-state index contributed by atoms with van der Waals surface area (Å²) in [7, 11) is 0. The SMILES string of the molecule is CC(C)OC(=O)c1cccc(Cl)c1F. The van der Waals surface area contributed by atoms with Gasteiger partial charge in [0.05, 0.1) is 16.7 Å². The second-order valence-corrected chi connectivity index (χ2v) is 3.46. The number of ether oxygens (including phenoxy) is 1. The van der Waals surface area contributed by atoms with Gasteiger partial charge in [-0.15, -0.1) is 0 Å². The Morgan fingerprint density at radius 2 is 2.14 bits per heavy atom. The van der Waals surface area contributed by atoms with Crippen LogP contribution in [0.4, 0.5) is 4.39 Å². The van der Waals surface area contributed by atoms with E-state index in [0.29, 0.717) is 0 Å². The second kappa shape index (κ2) is 4.42. The Kier molecular flexibility index (Phi) is 3.47. The summed E-state index contributed by atoms with van der Waals surface area (Å²) in [5.74, 6) is -1.43. The van der Waals surface area contributed by atoms with E-state index in [9.17, 15) is 9.18 Å². The van der Waals surface area contributed by atoms with Gasteiger partial charge < -0.3 is 4.74 Å². The van der Waals surface area contributed by atoms with Crippen molar-refractivity contribution in [1.82, 2.24) is 0 Å². The second-order valence-electron chi connectivity index (χ2n) is 3.06. The van der Waals surface area contributed by atoms with Gasteiger partial charge in [0.15, 0.2) is 5.82 Å². The molecule has 1 aromatic carbocycles. The van der Waals surface area contributed by atoms with E-state index in [0.717, 1.165) is 0 Å². The first-order valence-corrected chi connectivity index (χ1v) is 4.55. The Bertz CT molecular complexity index is 350. The highest BCUT2D eigenvalue weighted by Gasteiger charge is 2.16. The lowest BCUT2D eigenvalue weighted by Crippen LogP contribution is -2.13. The van der Waals surface area contributed by atoms with E-state index < -0.39 is 11.8 Å². The first kappa shape index (κ1) is 11.0. The van der Waals surface area contributed by atoms with Crippen molar-refractivity contribution < 1.29 is 13.9 Å². The number of esters is 1. The molecular weight excluding hydrogens is 207 g/mol. The predicted octanol–water partition coefficient (Wildman–Crippen LogP) is 3.04. The number of hydrogen-bond acceptors (Lipinski definition) is 2. The van der Waals surface area contributed by atoms with Crippen molar-refractivity contribution in [2.75, 3.05) is 0 Å². The standard InChI is InChI=1S/C10H10ClFO2/c1-6(2)14-10(13)7-4-3-5-8(11)9(7)12/h3-6H,1-2H3. The molecule has 0 saturated carbocycles. The maximum absolute atomic E-state index is 13.3.